The van der Waals surface area contributed by atoms with E-state index in [1.165, 1.54) is 0 Å². The average Bonchev–Trinajstić information content (AvgIpc) is 2.49. The third-order valence-corrected chi connectivity index (χ3v) is 2.64. The molecule has 0 bridgehead atoms. The Morgan fingerprint density at radius 3 is 1.85 bits per heavy atom. The van der Waals surface area contributed by atoms with Gasteiger partial charge in [-0.05, 0) is 18.2 Å². The van der Waals surface area contributed by atoms with Crippen LogP contribution in [-0.2, 0) is 0 Å². The summed E-state index contributed by atoms with van der Waals surface area (Å²) in [5.74, 6) is 1.08. The van der Waals surface area contributed by atoms with Crippen LogP contribution in [-0.4, -0.2) is 25.0 Å². The van der Waals surface area contributed by atoms with Crippen molar-refractivity contribution >= 4 is 12.4 Å². The van der Waals surface area contributed by atoms with Gasteiger partial charge in [0.1, 0.15) is 5.75 Å². The molecule has 20 heavy (non-hydrogen) atoms. The van der Waals surface area contributed by atoms with E-state index in [1.54, 1.807) is 49.1 Å². The molecule has 0 aliphatic rings. The molecule has 2 aromatic heterocycles. The molecule has 3 aromatic rings. The van der Waals surface area contributed by atoms with Gasteiger partial charge in [0, 0.05) is 30.4 Å². The maximum atomic E-state index is 10.1. The van der Waals surface area contributed by atoms with Crippen molar-refractivity contribution in [2.24, 2.45) is 0 Å². The highest BCUT2D eigenvalue weighted by Gasteiger charge is 2.15. The Hall–Kier alpha value is -2.53. The number of aromatic hydroxyl groups is 1. The topological polar surface area (TPSA) is 71.8 Å². The Balaban J connectivity index is 0.00000147. The fraction of sp³-hybridized carbons (Fsp3) is 0. The molecule has 0 unspecified atom stereocenters. The van der Waals surface area contributed by atoms with E-state index >= 15 is 0 Å². The van der Waals surface area contributed by atoms with Crippen molar-refractivity contribution in [1.82, 2.24) is 19.9 Å². The molecule has 0 radical (unpaired) electrons. The molecule has 2 heterocycles. The molecule has 3 rings (SSSR count). The van der Waals surface area contributed by atoms with Crippen LogP contribution >= 0.6 is 12.4 Å². The van der Waals surface area contributed by atoms with E-state index < -0.39 is 0 Å². The lowest BCUT2D eigenvalue weighted by molar-refractivity contribution is 0.477. The molecule has 0 atom stereocenters. The highest BCUT2D eigenvalue weighted by molar-refractivity contribution is 5.85. The van der Waals surface area contributed by atoms with E-state index in [9.17, 15) is 5.11 Å². The van der Waals surface area contributed by atoms with Crippen LogP contribution in [0.3, 0.4) is 0 Å². The van der Waals surface area contributed by atoms with E-state index in [0.29, 0.717) is 22.8 Å². The van der Waals surface area contributed by atoms with Gasteiger partial charge in [0.15, 0.2) is 11.6 Å². The summed E-state index contributed by atoms with van der Waals surface area (Å²) in [5, 5.41) is 10.1. The van der Waals surface area contributed by atoms with Crippen LogP contribution in [0.25, 0.3) is 22.8 Å². The largest absolute Gasteiger partial charge is 0.507 e. The Kier molecular flexibility index (Phi) is 4.22. The van der Waals surface area contributed by atoms with Crippen molar-refractivity contribution in [3.63, 3.8) is 0 Å². The summed E-state index contributed by atoms with van der Waals surface area (Å²) >= 11 is 0. The van der Waals surface area contributed by atoms with Crippen LogP contribution in [0.1, 0.15) is 0 Å². The first-order chi connectivity index (χ1) is 9.36. The monoisotopic (exact) mass is 286 g/mol. The van der Waals surface area contributed by atoms with Crippen molar-refractivity contribution in [2.75, 3.05) is 0 Å². The number of aromatic nitrogens is 4. The first kappa shape index (κ1) is 13.9. The smallest absolute Gasteiger partial charge is 0.163 e. The third kappa shape index (κ3) is 2.57. The molecule has 0 aliphatic carbocycles. The maximum absolute atomic E-state index is 10.1. The molecule has 1 N–H and O–H groups in total. The van der Waals surface area contributed by atoms with Crippen LogP contribution in [0.2, 0.25) is 0 Å². The summed E-state index contributed by atoms with van der Waals surface area (Å²) in [6.07, 6.45) is 6.57. The van der Waals surface area contributed by atoms with Gasteiger partial charge in [0.2, 0.25) is 0 Å². The number of hydrogen-bond donors (Lipinski definition) is 1. The van der Waals surface area contributed by atoms with Gasteiger partial charge < -0.3 is 5.11 Å². The van der Waals surface area contributed by atoms with Gasteiger partial charge >= 0.3 is 0 Å². The van der Waals surface area contributed by atoms with Crippen molar-refractivity contribution in [3.05, 3.63) is 55.1 Å². The molecule has 100 valence electrons. The van der Waals surface area contributed by atoms with Crippen LogP contribution in [0, 0.1) is 0 Å². The Labute approximate surface area is 121 Å². The van der Waals surface area contributed by atoms with Gasteiger partial charge in [-0.3, -0.25) is 0 Å². The number of rotatable bonds is 2. The first-order valence-electron chi connectivity index (χ1n) is 5.73. The van der Waals surface area contributed by atoms with E-state index in [0.717, 1.165) is 0 Å². The predicted molar refractivity (Wildman–Crippen MR) is 77.4 cm³/mol. The quantitative estimate of drug-likeness (QED) is 0.784. The molecule has 5 nitrogen and oxygen atoms in total. The second-order valence-electron chi connectivity index (χ2n) is 3.84. The van der Waals surface area contributed by atoms with Crippen LogP contribution in [0.5, 0.6) is 5.75 Å². The Morgan fingerprint density at radius 1 is 0.700 bits per heavy atom. The molecule has 0 aliphatic heterocycles. The fourth-order valence-corrected chi connectivity index (χ4v) is 1.83. The summed E-state index contributed by atoms with van der Waals surface area (Å²) in [5.41, 5.74) is 1.24. The Bertz CT molecular complexity index is 692. The second-order valence-corrected chi connectivity index (χ2v) is 3.84. The highest BCUT2D eigenvalue weighted by atomic mass is 35.5. The lowest BCUT2D eigenvalue weighted by Crippen LogP contribution is -1.94. The van der Waals surface area contributed by atoms with Crippen LogP contribution in [0.15, 0.2) is 55.1 Å². The lowest BCUT2D eigenvalue weighted by atomic mass is 10.0. The molecular formula is C14H11ClN4O. The van der Waals surface area contributed by atoms with Crippen molar-refractivity contribution < 1.29 is 5.11 Å². The van der Waals surface area contributed by atoms with Gasteiger partial charge in [0.05, 0.1) is 5.56 Å². The van der Waals surface area contributed by atoms with Crippen molar-refractivity contribution in [2.45, 2.75) is 0 Å². The number of hydrogen-bond acceptors (Lipinski definition) is 5. The minimum Gasteiger partial charge on any atom is -0.507 e. The molecule has 0 saturated heterocycles. The molecule has 6 heteroatoms. The lowest BCUT2D eigenvalue weighted by Gasteiger charge is -2.08. The van der Waals surface area contributed by atoms with Gasteiger partial charge in [-0.25, -0.2) is 19.9 Å². The number of benzene rings is 1. The molecule has 0 saturated carbocycles. The van der Waals surface area contributed by atoms with Gasteiger partial charge in [0.25, 0.3) is 0 Å². The van der Waals surface area contributed by atoms with E-state index in [4.69, 9.17) is 0 Å². The zero-order valence-electron chi connectivity index (χ0n) is 10.3. The normalized spacial score (nSPS) is 9.80. The standard InChI is InChI=1S/C14H10N4O.ClH/c19-11-5-1-4-10(13-15-6-2-7-16-13)12(11)14-17-8-3-9-18-14;/h1-9,19H;1H. The molecule has 1 aromatic carbocycles. The summed E-state index contributed by atoms with van der Waals surface area (Å²) in [6.45, 7) is 0. The summed E-state index contributed by atoms with van der Waals surface area (Å²) in [4.78, 5) is 16.7. The van der Waals surface area contributed by atoms with Gasteiger partial charge in [-0.2, -0.15) is 0 Å². The van der Waals surface area contributed by atoms with E-state index in [2.05, 4.69) is 19.9 Å². The summed E-state index contributed by atoms with van der Waals surface area (Å²) in [7, 11) is 0. The van der Waals surface area contributed by atoms with Crippen LogP contribution < -0.4 is 0 Å². The van der Waals surface area contributed by atoms with Crippen molar-refractivity contribution in [1.29, 1.82) is 0 Å². The first-order valence-corrected chi connectivity index (χ1v) is 5.73. The number of phenolic OH excluding ortho intramolecular Hbond substituents is 1. The molecule has 0 fully saturated rings. The fourth-order valence-electron chi connectivity index (χ4n) is 1.83. The summed E-state index contributed by atoms with van der Waals surface area (Å²) in [6, 6.07) is 8.64. The predicted octanol–water partition coefficient (Wildman–Crippen LogP) is 2.73. The molecule has 0 spiro atoms. The van der Waals surface area contributed by atoms with Crippen LogP contribution in [0.4, 0.5) is 0 Å². The number of phenols is 1. The number of nitrogens with zero attached hydrogens (tertiary/aromatic N) is 4. The third-order valence-electron chi connectivity index (χ3n) is 2.64. The average molecular weight is 287 g/mol. The highest BCUT2D eigenvalue weighted by Crippen LogP contribution is 2.34. The van der Waals surface area contributed by atoms with Gasteiger partial charge in [-0.1, -0.05) is 12.1 Å². The van der Waals surface area contributed by atoms with Gasteiger partial charge in [-0.15, -0.1) is 12.4 Å². The number of halogens is 1. The summed E-state index contributed by atoms with van der Waals surface area (Å²) < 4.78 is 0. The van der Waals surface area contributed by atoms with Crippen molar-refractivity contribution in [3.8, 4) is 28.5 Å². The zero-order valence-corrected chi connectivity index (χ0v) is 11.2. The SMILES string of the molecule is Cl.Oc1cccc(-c2ncccn2)c1-c1ncccn1. The minimum absolute atomic E-state index is 0. The van der Waals surface area contributed by atoms with E-state index in [1.807, 2.05) is 6.07 Å². The van der Waals surface area contributed by atoms with E-state index in [-0.39, 0.29) is 18.2 Å². The maximum Gasteiger partial charge on any atom is 0.163 e. The molecular weight excluding hydrogens is 276 g/mol. The molecule has 0 amide bonds. The minimum atomic E-state index is 0. The Morgan fingerprint density at radius 2 is 1.25 bits per heavy atom. The zero-order chi connectivity index (χ0) is 13.1. The second kappa shape index (κ2) is 6.08.